The molecule has 128 valence electrons. The molecule has 2 heterocycles. The van der Waals surface area contributed by atoms with Crippen LogP contribution in [0.15, 0.2) is 10.7 Å². The first-order chi connectivity index (χ1) is 11.2. The lowest BCUT2D eigenvalue weighted by Gasteiger charge is -2.35. The number of carbonyl (C=O) groups excluding carboxylic acids is 1. The van der Waals surface area contributed by atoms with E-state index in [0.717, 1.165) is 58.0 Å². The number of hydrogen-bond donors (Lipinski definition) is 1. The zero-order chi connectivity index (χ0) is 16.2. The van der Waals surface area contributed by atoms with Gasteiger partial charge in [-0.05, 0) is 25.3 Å². The van der Waals surface area contributed by atoms with Gasteiger partial charge >= 0.3 is 0 Å². The standard InChI is InChI=1S/C17H28N4O2/c1-3-20-6-8-21(9-7-20)11-13(2)10-18-16(22)15-12-23-17(19-15)14-4-5-14/h12-14H,3-11H2,1-2H3,(H,18,22). The molecule has 1 aliphatic heterocycles. The fourth-order valence-corrected chi connectivity index (χ4v) is 3.06. The number of piperazine rings is 1. The number of aromatic nitrogens is 1. The molecule has 1 unspecified atom stereocenters. The van der Waals surface area contributed by atoms with Crippen molar-refractivity contribution in [1.29, 1.82) is 0 Å². The molecule has 1 saturated heterocycles. The van der Waals surface area contributed by atoms with Crippen molar-refractivity contribution in [3.05, 3.63) is 17.8 Å². The van der Waals surface area contributed by atoms with Crippen molar-refractivity contribution >= 4 is 5.91 Å². The summed E-state index contributed by atoms with van der Waals surface area (Å²) >= 11 is 0. The molecule has 2 fully saturated rings. The second kappa shape index (κ2) is 7.45. The number of nitrogens with one attached hydrogen (secondary N) is 1. The number of rotatable bonds is 7. The third-order valence-corrected chi connectivity index (χ3v) is 4.77. The van der Waals surface area contributed by atoms with Crippen molar-refractivity contribution in [2.24, 2.45) is 5.92 Å². The van der Waals surface area contributed by atoms with Gasteiger partial charge in [0.15, 0.2) is 11.6 Å². The third kappa shape index (κ3) is 4.54. The highest BCUT2D eigenvalue weighted by atomic mass is 16.3. The maximum atomic E-state index is 12.1. The lowest BCUT2D eigenvalue weighted by molar-refractivity contribution is 0.0929. The number of hydrogen-bond acceptors (Lipinski definition) is 5. The van der Waals surface area contributed by atoms with Gasteiger partial charge in [0.2, 0.25) is 0 Å². The van der Waals surface area contributed by atoms with E-state index in [9.17, 15) is 4.79 Å². The van der Waals surface area contributed by atoms with Gasteiger partial charge in [-0.25, -0.2) is 4.98 Å². The zero-order valence-corrected chi connectivity index (χ0v) is 14.3. The fourth-order valence-electron chi connectivity index (χ4n) is 3.06. The smallest absolute Gasteiger partial charge is 0.273 e. The molecule has 3 rings (SSSR count). The van der Waals surface area contributed by atoms with Crippen LogP contribution in [0.25, 0.3) is 0 Å². The molecule has 0 radical (unpaired) electrons. The lowest BCUT2D eigenvalue weighted by Crippen LogP contribution is -2.48. The van der Waals surface area contributed by atoms with Crippen LogP contribution in [-0.4, -0.2) is 66.5 Å². The van der Waals surface area contributed by atoms with E-state index in [0.29, 0.717) is 24.1 Å². The highest BCUT2D eigenvalue weighted by Crippen LogP contribution is 2.39. The molecule has 1 aromatic heterocycles. The van der Waals surface area contributed by atoms with Crippen molar-refractivity contribution in [1.82, 2.24) is 20.1 Å². The third-order valence-electron chi connectivity index (χ3n) is 4.77. The minimum atomic E-state index is -0.122. The van der Waals surface area contributed by atoms with Crippen LogP contribution >= 0.6 is 0 Å². The van der Waals surface area contributed by atoms with Crippen molar-refractivity contribution in [2.45, 2.75) is 32.6 Å². The first-order valence-electron chi connectivity index (χ1n) is 8.84. The molecule has 0 bridgehead atoms. The molecular formula is C17H28N4O2. The Hall–Kier alpha value is -1.40. The fraction of sp³-hybridized carbons (Fsp3) is 0.765. The topological polar surface area (TPSA) is 61.6 Å². The molecule has 1 saturated carbocycles. The van der Waals surface area contributed by atoms with Gasteiger partial charge in [-0.1, -0.05) is 13.8 Å². The Kier molecular flexibility index (Phi) is 5.33. The summed E-state index contributed by atoms with van der Waals surface area (Å²) in [7, 11) is 0. The Morgan fingerprint density at radius 3 is 2.70 bits per heavy atom. The molecule has 0 spiro atoms. The summed E-state index contributed by atoms with van der Waals surface area (Å²) in [6, 6.07) is 0. The predicted molar refractivity (Wildman–Crippen MR) is 88.5 cm³/mol. The average Bonchev–Trinajstić information content (AvgIpc) is 3.30. The van der Waals surface area contributed by atoms with Gasteiger partial charge < -0.3 is 19.5 Å². The van der Waals surface area contributed by atoms with Crippen molar-refractivity contribution in [3.8, 4) is 0 Å². The molecule has 1 amide bonds. The summed E-state index contributed by atoms with van der Waals surface area (Å²) in [4.78, 5) is 21.4. The van der Waals surface area contributed by atoms with Crippen LogP contribution in [0.3, 0.4) is 0 Å². The van der Waals surface area contributed by atoms with Crippen molar-refractivity contribution < 1.29 is 9.21 Å². The average molecular weight is 320 g/mol. The molecule has 1 atom stereocenters. The van der Waals surface area contributed by atoms with Crippen LogP contribution in [0.4, 0.5) is 0 Å². The summed E-state index contributed by atoms with van der Waals surface area (Å²) in [5.41, 5.74) is 0.413. The van der Waals surface area contributed by atoms with Gasteiger partial charge in [-0.3, -0.25) is 4.79 Å². The number of oxazole rings is 1. The van der Waals surface area contributed by atoms with Crippen LogP contribution in [0.2, 0.25) is 0 Å². The van der Waals surface area contributed by atoms with Gasteiger partial charge in [-0.2, -0.15) is 0 Å². The van der Waals surface area contributed by atoms with Crippen LogP contribution in [0.1, 0.15) is 49.0 Å². The van der Waals surface area contributed by atoms with Crippen LogP contribution in [0.5, 0.6) is 0 Å². The van der Waals surface area contributed by atoms with E-state index in [-0.39, 0.29) is 5.91 Å². The van der Waals surface area contributed by atoms with E-state index in [1.807, 2.05) is 0 Å². The number of amides is 1. The maximum absolute atomic E-state index is 12.1. The largest absolute Gasteiger partial charge is 0.448 e. The zero-order valence-electron chi connectivity index (χ0n) is 14.3. The Morgan fingerprint density at radius 2 is 2.04 bits per heavy atom. The van der Waals surface area contributed by atoms with E-state index in [2.05, 4.69) is 33.9 Å². The quantitative estimate of drug-likeness (QED) is 0.826. The molecule has 6 nitrogen and oxygen atoms in total. The second-order valence-corrected chi connectivity index (χ2v) is 6.90. The summed E-state index contributed by atoms with van der Waals surface area (Å²) in [6.45, 7) is 11.8. The lowest BCUT2D eigenvalue weighted by atomic mass is 10.1. The summed E-state index contributed by atoms with van der Waals surface area (Å²) in [5, 5.41) is 2.98. The highest BCUT2D eigenvalue weighted by Gasteiger charge is 2.29. The minimum Gasteiger partial charge on any atom is -0.448 e. The maximum Gasteiger partial charge on any atom is 0.273 e. The van der Waals surface area contributed by atoms with Gasteiger partial charge in [0, 0.05) is 45.2 Å². The Morgan fingerprint density at radius 1 is 1.35 bits per heavy atom. The number of nitrogens with zero attached hydrogens (tertiary/aromatic N) is 3. The highest BCUT2D eigenvalue weighted by molar-refractivity contribution is 5.91. The molecule has 0 aromatic carbocycles. The predicted octanol–water partition coefficient (Wildman–Crippen LogP) is 1.56. The van der Waals surface area contributed by atoms with Crippen LogP contribution in [-0.2, 0) is 0 Å². The Labute approximate surface area is 138 Å². The Bertz CT molecular complexity index is 518. The van der Waals surface area contributed by atoms with Gasteiger partial charge in [0.25, 0.3) is 5.91 Å². The molecule has 1 N–H and O–H groups in total. The van der Waals surface area contributed by atoms with Crippen LogP contribution < -0.4 is 5.32 Å². The molecule has 6 heteroatoms. The van der Waals surface area contributed by atoms with E-state index in [1.54, 1.807) is 0 Å². The van der Waals surface area contributed by atoms with E-state index >= 15 is 0 Å². The van der Waals surface area contributed by atoms with Gasteiger partial charge in [0.1, 0.15) is 6.26 Å². The molecule has 1 aliphatic carbocycles. The second-order valence-electron chi connectivity index (χ2n) is 6.90. The monoisotopic (exact) mass is 320 g/mol. The molecule has 23 heavy (non-hydrogen) atoms. The summed E-state index contributed by atoms with van der Waals surface area (Å²) in [5.74, 6) is 1.47. The van der Waals surface area contributed by atoms with E-state index in [1.165, 1.54) is 6.26 Å². The molecule has 1 aromatic rings. The summed E-state index contributed by atoms with van der Waals surface area (Å²) in [6.07, 6.45) is 3.74. The normalized spacial score (nSPS) is 21.3. The van der Waals surface area contributed by atoms with E-state index in [4.69, 9.17) is 4.42 Å². The number of carbonyl (C=O) groups is 1. The SMILES string of the molecule is CCN1CCN(CC(C)CNC(=O)c2coc(C3CC3)n2)CC1. The molecule has 2 aliphatic rings. The van der Waals surface area contributed by atoms with Crippen molar-refractivity contribution in [2.75, 3.05) is 45.8 Å². The van der Waals surface area contributed by atoms with E-state index < -0.39 is 0 Å². The van der Waals surface area contributed by atoms with Crippen molar-refractivity contribution in [3.63, 3.8) is 0 Å². The first-order valence-corrected chi connectivity index (χ1v) is 8.84. The van der Waals surface area contributed by atoms with Gasteiger partial charge in [-0.15, -0.1) is 0 Å². The number of likely N-dealkylation sites (N-methyl/N-ethyl adjacent to an activating group) is 1. The van der Waals surface area contributed by atoms with Crippen LogP contribution in [0, 0.1) is 5.92 Å². The minimum absolute atomic E-state index is 0.122. The first kappa shape index (κ1) is 16.5. The molecular weight excluding hydrogens is 292 g/mol. The Balaban J connectivity index is 1.38. The summed E-state index contributed by atoms with van der Waals surface area (Å²) < 4.78 is 5.37. The van der Waals surface area contributed by atoms with Gasteiger partial charge in [0.05, 0.1) is 0 Å².